The van der Waals surface area contributed by atoms with E-state index >= 15 is 0 Å². The third-order valence-corrected chi connectivity index (χ3v) is 5.71. The van der Waals surface area contributed by atoms with Crippen molar-refractivity contribution in [3.8, 4) is 0 Å². The van der Waals surface area contributed by atoms with Crippen molar-refractivity contribution in [1.82, 2.24) is 10.6 Å². The van der Waals surface area contributed by atoms with Crippen molar-refractivity contribution in [3.63, 3.8) is 0 Å². The lowest BCUT2D eigenvalue weighted by molar-refractivity contribution is 0.0935. The van der Waals surface area contributed by atoms with Crippen LogP contribution in [-0.4, -0.2) is 24.9 Å². The summed E-state index contributed by atoms with van der Waals surface area (Å²) >= 11 is 11.7. The largest absolute Gasteiger partial charge is 0.352 e. The van der Waals surface area contributed by atoms with Gasteiger partial charge in [-0.05, 0) is 79.6 Å². The Hall–Kier alpha value is -2.04. The molecule has 0 unspecified atom stereocenters. The zero-order valence-electron chi connectivity index (χ0n) is 15.6. The van der Waals surface area contributed by atoms with Crippen LogP contribution in [0.5, 0.6) is 0 Å². The monoisotopic (exact) mass is 418 g/mol. The SMILES string of the molecule is O=C(NC[C@H]1CCC[C@H](CNC(=O)c2ccc(Cl)cc2)C1)c1ccc(Cl)cc1. The minimum atomic E-state index is -0.0742. The molecule has 2 amide bonds. The van der Waals surface area contributed by atoms with Gasteiger partial charge in [0.25, 0.3) is 11.8 Å². The highest BCUT2D eigenvalue weighted by Crippen LogP contribution is 2.28. The van der Waals surface area contributed by atoms with Crippen molar-refractivity contribution in [2.75, 3.05) is 13.1 Å². The highest BCUT2D eigenvalue weighted by molar-refractivity contribution is 6.31. The second-order valence-electron chi connectivity index (χ2n) is 7.33. The normalized spacial score (nSPS) is 19.1. The van der Waals surface area contributed by atoms with Gasteiger partial charge in [0, 0.05) is 34.3 Å². The molecule has 28 heavy (non-hydrogen) atoms. The van der Waals surface area contributed by atoms with E-state index in [1.807, 2.05) is 0 Å². The number of amides is 2. The summed E-state index contributed by atoms with van der Waals surface area (Å²) in [5.41, 5.74) is 1.24. The highest BCUT2D eigenvalue weighted by atomic mass is 35.5. The van der Waals surface area contributed by atoms with Crippen molar-refractivity contribution in [3.05, 3.63) is 69.7 Å². The van der Waals surface area contributed by atoms with Gasteiger partial charge in [-0.1, -0.05) is 29.6 Å². The van der Waals surface area contributed by atoms with E-state index < -0.39 is 0 Å². The van der Waals surface area contributed by atoms with E-state index in [9.17, 15) is 9.59 Å². The molecule has 0 saturated heterocycles. The molecule has 6 heteroatoms. The van der Waals surface area contributed by atoms with Crippen molar-refractivity contribution in [2.45, 2.75) is 25.7 Å². The first kappa shape index (κ1) is 20.7. The van der Waals surface area contributed by atoms with Crippen LogP contribution in [0.25, 0.3) is 0 Å². The van der Waals surface area contributed by atoms with E-state index in [0.717, 1.165) is 25.7 Å². The molecule has 0 aromatic heterocycles. The van der Waals surface area contributed by atoms with Crippen LogP contribution in [0.15, 0.2) is 48.5 Å². The Morgan fingerprint density at radius 3 is 1.54 bits per heavy atom. The zero-order chi connectivity index (χ0) is 19.9. The molecule has 1 saturated carbocycles. The molecule has 1 aliphatic rings. The third kappa shape index (κ3) is 5.98. The van der Waals surface area contributed by atoms with Crippen LogP contribution < -0.4 is 10.6 Å². The lowest BCUT2D eigenvalue weighted by Gasteiger charge is -2.29. The van der Waals surface area contributed by atoms with Gasteiger partial charge in [0.2, 0.25) is 0 Å². The van der Waals surface area contributed by atoms with Crippen LogP contribution in [0.4, 0.5) is 0 Å². The molecule has 148 valence electrons. The first-order valence-electron chi connectivity index (χ1n) is 9.59. The van der Waals surface area contributed by atoms with E-state index in [4.69, 9.17) is 23.2 Å². The quantitative estimate of drug-likeness (QED) is 0.696. The molecule has 4 nitrogen and oxygen atoms in total. The Balaban J connectivity index is 1.43. The van der Waals surface area contributed by atoms with Gasteiger partial charge in [0.1, 0.15) is 0 Å². The predicted octanol–water partition coefficient (Wildman–Crippen LogP) is 4.96. The van der Waals surface area contributed by atoms with Crippen molar-refractivity contribution in [1.29, 1.82) is 0 Å². The molecule has 0 bridgehead atoms. The summed E-state index contributed by atoms with van der Waals surface area (Å²) in [6.07, 6.45) is 4.32. The fraction of sp³-hybridized carbons (Fsp3) is 0.364. The van der Waals surface area contributed by atoms with Crippen LogP contribution in [0.1, 0.15) is 46.4 Å². The van der Waals surface area contributed by atoms with E-state index in [1.54, 1.807) is 48.5 Å². The molecule has 0 spiro atoms. The number of halogens is 2. The Kier molecular flexibility index (Phi) is 7.35. The van der Waals surface area contributed by atoms with Crippen LogP contribution in [-0.2, 0) is 0 Å². The van der Waals surface area contributed by atoms with E-state index in [2.05, 4.69) is 10.6 Å². The van der Waals surface area contributed by atoms with Gasteiger partial charge >= 0.3 is 0 Å². The summed E-state index contributed by atoms with van der Waals surface area (Å²) in [7, 11) is 0. The molecule has 2 atom stereocenters. The number of nitrogens with one attached hydrogen (secondary N) is 2. The molecular weight excluding hydrogens is 395 g/mol. The molecule has 2 aromatic carbocycles. The van der Waals surface area contributed by atoms with Gasteiger partial charge in [-0.3, -0.25) is 9.59 Å². The maximum Gasteiger partial charge on any atom is 0.251 e. The van der Waals surface area contributed by atoms with E-state index in [1.165, 1.54) is 0 Å². The molecule has 2 aromatic rings. The number of hydrogen-bond acceptors (Lipinski definition) is 2. The average Bonchev–Trinajstić information content (AvgIpc) is 2.71. The van der Waals surface area contributed by atoms with E-state index in [0.29, 0.717) is 46.1 Å². The fourth-order valence-corrected chi connectivity index (χ4v) is 3.91. The molecule has 0 heterocycles. The number of benzene rings is 2. The second-order valence-corrected chi connectivity index (χ2v) is 8.21. The summed E-state index contributed by atoms with van der Waals surface area (Å²) in [6, 6.07) is 13.8. The van der Waals surface area contributed by atoms with Crippen molar-refractivity contribution < 1.29 is 9.59 Å². The van der Waals surface area contributed by atoms with Crippen LogP contribution in [0, 0.1) is 11.8 Å². The summed E-state index contributed by atoms with van der Waals surface area (Å²) in [6.45, 7) is 1.31. The smallest absolute Gasteiger partial charge is 0.251 e. The molecule has 3 rings (SSSR count). The number of rotatable bonds is 6. The van der Waals surface area contributed by atoms with Gasteiger partial charge in [0.15, 0.2) is 0 Å². The van der Waals surface area contributed by atoms with Gasteiger partial charge in [-0.25, -0.2) is 0 Å². The molecule has 2 N–H and O–H groups in total. The first-order chi connectivity index (χ1) is 13.5. The Morgan fingerprint density at radius 1 is 0.750 bits per heavy atom. The molecule has 0 radical (unpaired) electrons. The fourth-order valence-electron chi connectivity index (χ4n) is 3.65. The van der Waals surface area contributed by atoms with Crippen molar-refractivity contribution >= 4 is 35.0 Å². The van der Waals surface area contributed by atoms with Crippen LogP contribution in [0.3, 0.4) is 0 Å². The molecule has 1 aliphatic carbocycles. The first-order valence-corrected chi connectivity index (χ1v) is 10.3. The lowest BCUT2D eigenvalue weighted by atomic mass is 9.81. The summed E-state index contributed by atoms with van der Waals surface area (Å²) < 4.78 is 0. The summed E-state index contributed by atoms with van der Waals surface area (Å²) in [4.78, 5) is 24.5. The Bertz CT molecular complexity index is 739. The maximum absolute atomic E-state index is 12.3. The predicted molar refractivity (Wildman–Crippen MR) is 113 cm³/mol. The summed E-state index contributed by atoms with van der Waals surface area (Å²) in [5.74, 6) is 0.717. The maximum atomic E-state index is 12.3. The second kappa shape index (κ2) is 9.94. The average molecular weight is 419 g/mol. The van der Waals surface area contributed by atoms with Gasteiger partial charge in [-0.15, -0.1) is 0 Å². The number of carbonyl (C=O) groups is 2. The summed E-state index contributed by atoms with van der Waals surface area (Å²) in [5, 5.41) is 7.28. The minimum absolute atomic E-state index is 0.0742. The van der Waals surface area contributed by atoms with Crippen molar-refractivity contribution in [2.24, 2.45) is 11.8 Å². The third-order valence-electron chi connectivity index (χ3n) is 5.21. The minimum Gasteiger partial charge on any atom is -0.352 e. The Labute approximate surface area is 175 Å². The topological polar surface area (TPSA) is 58.2 Å². The standard InChI is InChI=1S/C22H24Cl2N2O2/c23-19-8-4-17(5-9-19)21(27)25-13-15-2-1-3-16(12-15)14-26-22(28)18-6-10-20(24)11-7-18/h4-11,15-16H,1-3,12-14H2,(H,25,27)(H,26,28)/t15-,16-/m0/s1. The van der Waals surface area contributed by atoms with Gasteiger partial charge in [0.05, 0.1) is 0 Å². The lowest BCUT2D eigenvalue weighted by Crippen LogP contribution is -2.35. The van der Waals surface area contributed by atoms with Gasteiger partial charge < -0.3 is 10.6 Å². The highest BCUT2D eigenvalue weighted by Gasteiger charge is 2.23. The van der Waals surface area contributed by atoms with E-state index in [-0.39, 0.29) is 11.8 Å². The number of carbonyl (C=O) groups excluding carboxylic acids is 2. The molecular formula is C22H24Cl2N2O2. The zero-order valence-corrected chi connectivity index (χ0v) is 17.1. The van der Waals surface area contributed by atoms with Gasteiger partial charge in [-0.2, -0.15) is 0 Å². The Morgan fingerprint density at radius 2 is 1.14 bits per heavy atom. The van der Waals surface area contributed by atoms with Crippen LogP contribution >= 0.6 is 23.2 Å². The molecule has 0 aliphatic heterocycles. The van der Waals surface area contributed by atoms with Crippen LogP contribution in [0.2, 0.25) is 10.0 Å². The number of hydrogen-bond donors (Lipinski definition) is 2. The molecule has 1 fully saturated rings.